The van der Waals surface area contributed by atoms with Crippen LogP contribution in [0.4, 0.5) is 10.5 Å². The van der Waals surface area contributed by atoms with E-state index in [1.807, 2.05) is 29.2 Å². The number of benzene rings is 2. The molecule has 164 valence electrons. The standard InChI is InChI=1S/C23H26Cl2N4O2/c24-20-8-3-17(15-21(20)25)16-28(14-13-27-10-1-2-11-27)22(30)18-4-6-19(7-5-18)29-12-9-26-23(29)31/h3-8,15H,1-2,9-14,16H2,(H,26,31). The highest BCUT2D eigenvalue weighted by atomic mass is 35.5. The SMILES string of the molecule is O=C(c1ccc(N2CCNC2=O)cc1)N(CCN1CCCC1)Cc1ccc(Cl)c(Cl)c1. The number of hydrogen-bond acceptors (Lipinski definition) is 3. The molecule has 2 aliphatic rings. The van der Waals surface area contributed by atoms with E-state index >= 15 is 0 Å². The van der Waals surface area contributed by atoms with Gasteiger partial charge in [-0.25, -0.2) is 4.79 Å². The zero-order chi connectivity index (χ0) is 21.8. The summed E-state index contributed by atoms with van der Waals surface area (Å²) in [6.45, 7) is 5.37. The zero-order valence-electron chi connectivity index (χ0n) is 17.3. The highest BCUT2D eigenvalue weighted by Gasteiger charge is 2.23. The van der Waals surface area contributed by atoms with Crippen LogP contribution >= 0.6 is 23.2 Å². The molecule has 0 bridgehead atoms. The molecule has 0 atom stereocenters. The van der Waals surface area contributed by atoms with E-state index < -0.39 is 0 Å². The van der Waals surface area contributed by atoms with Gasteiger partial charge in [-0.3, -0.25) is 9.69 Å². The lowest BCUT2D eigenvalue weighted by Crippen LogP contribution is -2.37. The van der Waals surface area contributed by atoms with Gasteiger partial charge in [0.1, 0.15) is 0 Å². The highest BCUT2D eigenvalue weighted by molar-refractivity contribution is 6.42. The summed E-state index contributed by atoms with van der Waals surface area (Å²) >= 11 is 12.2. The van der Waals surface area contributed by atoms with Gasteiger partial charge >= 0.3 is 6.03 Å². The average molecular weight is 461 g/mol. The van der Waals surface area contributed by atoms with Crippen LogP contribution in [0.1, 0.15) is 28.8 Å². The summed E-state index contributed by atoms with van der Waals surface area (Å²) in [5.74, 6) is -0.0392. The summed E-state index contributed by atoms with van der Waals surface area (Å²) in [7, 11) is 0. The van der Waals surface area contributed by atoms with Crippen LogP contribution in [0.15, 0.2) is 42.5 Å². The number of nitrogens with one attached hydrogen (secondary N) is 1. The van der Waals surface area contributed by atoms with Gasteiger partial charge in [0, 0.05) is 44.0 Å². The number of carbonyl (C=O) groups excluding carboxylic acids is 2. The van der Waals surface area contributed by atoms with Crippen molar-refractivity contribution in [3.63, 3.8) is 0 Å². The molecule has 0 radical (unpaired) electrons. The van der Waals surface area contributed by atoms with E-state index in [4.69, 9.17) is 23.2 Å². The number of nitrogens with zero attached hydrogens (tertiary/aromatic N) is 3. The fourth-order valence-corrected chi connectivity index (χ4v) is 4.38. The van der Waals surface area contributed by atoms with Crippen molar-refractivity contribution in [1.82, 2.24) is 15.1 Å². The summed E-state index contributed by atoms with van der Waals surface area (Å²) < 4.78 is 0. The van der Waals surface area contributed by atoms with Crippen molar-refractivity contribution >= 4 is 40.8 Å². The first-order valence-electron chi connectivity index (χ1n) is 10.6. The summed E-state index contributed by atoms with van der Waals surface area (Å²) in [4.78, 5) is 31.2. The lowest BCUT2D eigenvalue weighted by Gasteiger charge is -2.26. The highest BCUT2D eigenvalue weighted by Crippen LogP contribution is 2.24. The number of carbonyl (C=O) groups is 2. The van der Waals surface area contributed by atoms with Crippen LogP contribution in [0.3, 0.4) is 0 Å². The molecule has 3 amide bonds. The molecular formula is C23H26Cl2N4O2. The number of rotatable bonds is 7. The second-order valence-corrected chi connectivity index (χ2v) is 8.77. The minimum atomic E-state index is -0.106. The lowest BCUT2D eigenvalue weighted by atomic mass is 10.1. The van der Waals surface area contributed by atoms with Gasteiger partial charge in [-0.1, -0.05) is 29.3 Å². The monoisotopic (exact) mass is 460 g/mol. The maximum absolute atomic E-state index is 13.4. The van der Waals surface area contributed by atoms with Crippen molar-refractivity contribution in [3.05, 3.63) is 63.6 Å². The molecule has 2 aromatic rings. The number of urea groups is 1. The quantitative estimate of drug-likeness (QED) is 0.671. The van der Waals surface area contributed by atoms with Crippen molar-refractivity contribution in [3.8, 4) is 0 Å². The van der Waals surface area contributed by atoms with E-state index in [-0.39, 0.29) is 11.9 Å². The zero-order valence-corrected chi connectivity index (χ0v) is 18.8. The van der Waals surface area contributed by atoms with Crippen molar-refractivity contribution in [2.24, 2.45) is 0 Å². The molecule has 2 saturated heterocycles. The van der Waals surface area contributed by atoms with Crippen LogP contribution in [0.5, 0.6) is 0 Å². The van der Waals surface area contributed by atoms with Gasteiger partial charge in [0.05, 0.1) is 10.0 Å². The number of amides is 3. The first-order chi connectivity index (χ1) is 15.0. The molecule has 1 N–H and O–H groups in total. The van der Waals surface area contributed by atoms with Gasteiger partial charge in [-0.15, -0.1) is 0 Å². The van der Waals surface area contributed by atoms with E-state index in [1.165, 1.54) is 12.8 Å². The topological polar surface area (TPSA) is 55.9 Å². The minimum absolute atomic E-state index is 0.0392. The third-order valence-corrected chi connectivity index (χ3v) is 6.55. The third kappa shape index (κ3) is 5.32. The molecule has 0 aliphatic carbocycles. The molecule has 0 aromatic heterocycles. The molecule has 6 nitrogen and oxygen atoms in total. The van der Waals surface area contributed by atoms with Gasteiger partial charge in [0.25, 0.3) is 5.91 Å². The number of halogens is 2. The Bertz CT molecular complexity index is 945. The molecule has 0 spiro atoms. The molecule has 4 rings (SSSR count). The second kappa shape index (κ2) is 9.90. The van der Waals surface area contributed by atoms with Crippen molar-refractivity contribution in [2.45, 2.75) is 19.4 Å². The van der Waals surface area contributed by atoms with Crippen molar-refractivity contribution in [1.29, 1.82) is 0 Å². The predicted molar refractivity (Wildman–Crippen MR) is 124 cm³/mol. The van der Waals surface area contributed by atoms with E-state index in [9.17, 15) is 9.59 Å². The Kier molecular flexibility index (Phi) is 7.00. The molecule has 0 saturated carbocycles. The molecule has 2 heterocycles. The maximum Gasteiger partial charge on any atom is 0.321 e. The molecular weight excluding hydrogens is 435 g/mol. The molecule has 2 aromatic carbocycles. The van der Waals surface area contributed by atoms with E-state index in [0.717, 1.165) is 30.9 Å². The van der Waals surface area contributed by atoms with Crippen molar-refractivity contribution in [2.75, 3.05) is 44.2 Å². The summed E-state index contributed by atoms with van der Waals surface area (Å²) in [6.07, 6.45) is 2.43. The van der Waals surface area contributed by atoms with Crippen LogP contribution in [0, 0.1) is 0 Å². The largest absolute Gasteiger partial charge is 0.336 e. The Morgan fingerprint density at radius 1 is 1.00 bits per heavy atom. The Labute approximate surface area is 192 Å². The molecule has 31 heavy (non-hydrogen) atoms. The maximum atomic E-state index is 13.4. The smallest absolute Gasteiger partial charge is 0.321 e. The van der Waals surface area contributed by atoms with Crippen LogP contribution in [-0.4, -0.2) is 61.0 Å². The normalized spacial score (nSPS) is 16.6. The van der Waals surface area contributed by atoms with Gasteiger partial charge in [-0.2, -0.15) is 0 Å². The van der Waals surface area contributed by atoms with Gasteiger partial charge < -0.3 is 15.1 Å². The molecule has 0 unspecified atom stereocenters. The molecule has 2 fully saturated rings. The van der Waals surface area contributed by atoms with Crippen molar-refractivity contribution < 1.29 is 9.59 Å². The second-order valence-electron chi connectivity index (χ2n) is 7.95. The van der Waals surface area contributed by atoms with Crippen LogP contribution in [0.2, 0.25) is 10.0 Å². The summed E-state index contributed by atoms with van der Waals surface area (Å²) in [6, 6.07) is 12.6. The number of likely N-dealkylation sites (tertiary alicyclic amines) is 1. The first kappa shape index (κ1) is 21.9. The Balaban J connectivity index is 1.50. The fourth-order valence-electron chi connectivity index (χ4n) is 4.06. The Hall–Kier alpha value is -2.28. The fraction of sp³-hybridized carbons (Fsp3) is 0.391. The minimum Gasteiger partial charge on any atom is -0.336 e. The van der Waals surface area contributed by atoms with Gasteiger partial charge in [0.15, 0.2) is 0 Å². The molecule has 8 heteroatoms. The number of anilines is 1. The van der Waals surface area contributed by atoms with E-state index in [2.05, 4.69) is 10.2 Å². The average Bonchev–Trinajstić information content (AvgIpc) is 3.45. The number of hydrogen-bond donors (Lipinski definition) is 1. The van der Waals surface area contributed by atoms with Crippen LogP contribution in [0.25, 0.3) is 0 Å². The Morgan fingerprint density at radius 2 is 1.74 bits per heavy atom. The summed E-state index contributed by atoms with van der Waals surface area (Å²) in [5.41, 5.74) is 2.33. The molecule has 2 aliphatic heterocycles. The van der Waals surface area contributed by atoms with E-state index in [0.29, 0.717) is 41.8 Å². The van der Waals surface area contributed by atoms with Crippen LogP contribution < -0.4 is 10.2 Å². The third-order valence-electron chi connectivity index (χ3n) is 5.81. The van der Waals surface area contributed by atoms with Gasteiger partial charge in [0.2, 0.25) is 0 Å². The Morgan fingerprint density at radius 3 is 2.39 bits per heavy atom. The first-order valence-corrected chi connectivity index (χ1v) is 11.4. The van der Waals surface area contributed by atoms with Gasteiger partial charge in [-0.05, 0) is 67.9 Å². The predicted octanol–water partition coefficient (Wildman–Crippen LogP) is 4.26. The van der Waals surface area contributed by atoms with Crippen LogP contribution in [-0.2, 0) is 6.54 Å². The van der Waals surface area contributed by atoms with E-state index in [1.54, 1.807) is 23.1 Å². The lowest BCUT2D eigenvalue weighted by molar-refractivity contribution is 0.0727. The summed E-state index contributed by atoms with van der Waals surface area (Å²) in [5, 5.41) is 3.78.